The number of piperazine rings is 1. The Hall–Kier alpha value is -1.43. The van der Waals surface area contributed by atoms with Crippen molar-refractivity contribution < 1.29 is 13.2 Å². The number of hydrogen-bond acceptors (Lipinski definition) is 7. The molecule has 12 heteroatoms. The molecule has 2 aliphatic heterocycles. The first-order valence-electron chi connectivity index (χ1n) is 10.7. The van der Waals surface area contributed by atoms with Crippen LogP contribution in [0.4, 0.5) is 5.13 Å². The van der Waals surface area contributed by atoms with Gasteiger partial charge in [-0.3, -0.25) is 4.79 Å². The minimum Gasteiger partial charge on any atom is -0.345 e. The summed E-state index contributed by atoms with van der Waals surface area (Å²) in [5.41, 5.74) is 0.912. The zero-order valence-electron chi connectivity index (χ0n) is 17.6. The predicted molar refractivity (Wildman–Crippen MR) is 134 cm³/mol. The maximum Gasteiger partial charge on any atom is 0.253 e. The highest BCUT2D eigenvalue weighted by molar-refractivity contribution is 7.91. The van der Waals surface area contributed by atoms with Crippen LogP contribution < -0.4 is 4.90 Å². The fourth-order valence-corrected chi connectivity index (χ4v) is 8.90. The van der Waals surface area contributed by atoms with Crippen molar-refractivity contribution in [2.75, 3.05) is 37.6 Å². The number of fused-ring (bicyclic) bond motifs is 1. The van der Waals surface area contributed by atoms with Crippen molar-refractivity contribution in [2.45, 2.75) is 29.5 Å². The molecule has 0 bridgehead atoms. The number of anilines is 1. The molecule has 2 aliphatic rings. The lowest BCUT2D eigenvalue weighted by Crippen LogP contribution is -2.57. The second-order valence-electron chi connectivity index (χ2n) is 8.11. The van der Waals surface area contributed by atoms with E-state index in [1.54, 1.807) is 22.3 Å². The van der Waals surface area contributed by atoms with Gasteiger partial charge in [0.1, 0.15) is 10.3 Å². The van der Waals surface area contributed by atoms with Gasteiger partial charge in [0.05, 0.1) is 14.6 Å². The van der Waals surface area contributed by atoms with Gasteiger partial charge in [0.15, 0.2) is 5.13 Å². The lowest BCUT2D eigenvalue weighted by atomic mass is 10.0. The molecular formula is C21H22Cl2N4O3S3. The van der Waals surface area contributed by atoms with Crippen molar-refractivity contribution in [3.63, 3.8) is 0 Å². The van der Waals surface area contributed by atoms with E-state index >= 15 is 0 Å². The summed E-state index contributed by atoms with van der Waals surface area (Å²) in [6.45, 7) is 2.72. The van der Waals surface area contributed by atoms with Crippen LogP contribution in [-0.4, -0.2) is 67.3 Å². The minimum absolute atomic E-state index is 0.114. The second kappa shape index (κ2) is 9.31. The molecule has 1 atom stereocenters. The third-order valence-electron chi connectivity index (χ3n) is 6.05. The van der Waals surface area contributed by atoms with Gasteiger partial charge in [0.2, 0.25) is 5.91 Å². The number of sulfonamides is 1. The second-order valence-corrected chi connectivity index (χ2v) is 13.4. The van der Waals surface area contributed by atoms with Gasteiger partial charge in [-0.2, -0.15) is 4.31 Å². The SMILES string of the molecule is O=C(C1CCCCN1S(=O)(=O)c1ccc(Cl)s1)N1CCN(c2nc3ccc(Cl)cc3s2)CC1. The third kappa shape index (κ3) is 4.61. The smallest absolute Gasteiger partial charge is 0.253 e. The Morgan fingerprint density at radius 3 is 2.52 bits per heavy atom. The summed E-state index contributed by atoms with van der Waals surface area (Å²) in [5, 5.41) is 1.60. The van der Waals surface area contributed by atoms with E-state index in [-0.39, 0.29) is 10.1 Å². The van der Waals surface area contributed by atoms with Crippen LogP contribution in [0.1, 0.15) is 19.3 Å². The molecule has 0 radical (unpaired) electrons. The van der Waals surface area contributed by atoms with Crippen molar-refractivity contribution >= 4 is 77.2 Å². The Morgan fingerprint density at radius 2 is 1.79 bits per heavy atom. The van der Waals surface area contributed by atoms with E-state index in [4.69, 9.17) is 28.2 Å². The van der Waals surface area contributed by atoms with E-state index in [1.807, 2.05) is 18.2 Å². The summed E-state index contributed by atoms with van der Waals surface area (Å²) in [6.07, 6.45) is 2.12. The summed E-state index contributed by atoms with van der Waals surface area (Å²) >= 11 is 14.7. The van der Waals surface area contributed by atoms with Crippen LogP contribution in [0.15, 0.2) is 34.5 Å². The van der Waals surface area contributed by atoms with Crippen LogP contribution in [0.2, 0.25) is 9.36 Å². The van der Waals surface area contributed by atoms with E-state index in [0.717, 1.165) is 39.5 Å². The molecule has 5 rings (SSSR count). The average molecular weight is 546 g/mol. The molecule has 1 aromatic carbocycles. The molecule has 2 fully saturated rings. The first-order chi connectivity index (χ1) is 15.8. The van der Waals surface area contributed by atoms with E-state index in [1.165, 1.54) is 10.4 Å². The van der Waals surface area contributed by atoms with E-state index in [9.17, 15) is 13.2 Å². The lowest BCUT2D eigenvalue weighted by molar-refractivity contribution is -0.136. The maximum absolute atomic E-state index is 13.4. The predicted octanol–water partition coefficient (Wildman–Crippen LogP) is 4.56. The molecule has 3 aromatic rings. The molecule has 2 aromatic heterocycles. The van der Waals surface area contributed by atoms with E-state index in [2.05, 4.69) is 4.90 Å². The number of thiophene rings is 1. The molecule has 4 heterocycles. The molecule has 7 nitrogen and oxygen atoms in total. The molecule has 0 aliphatic carbocycles. The van der Waals surface area contributed by atoms with Crippen LogP contribution >= 0.6 is 45.9 Å². The Balaban J connectivity index is 1.29. The number of nitrogens with zero attached hydrogens (tertiary/aromatic N) is 4. The zero-order valence-corrected chi connectivity index (χ0v) is 21.6. The highest BCUT2D eigenvalue weighted by Gasteiger charge is 2.40. The standard InChI is InChI=1S/C21H22Cl2N4O3S3/c22-14-4-5-15-17(13-14)31-21(24-15)26-11-9-25(10-12-26)20(28)16-3-1-2-8-27(16)33(29,30)19-7-6-18(23)32-19/h4-7,13,16H,1-3,8-12H2. The highest BCUT2D eigenvalue weighted by atomic mass is 35.5. The normalized spacial score (nSPS) is 20.5. The molecular weight excluding hydrogens is 523 g/mol. The van der Waals surface area contributed by atoms with Crippen LogP contribution in [0.3, 0.4) is 0 Å². The number of carbonyl (C=O) groups is 1. The molecule has 0 spiro atoms. The third-order valence-corrected chi connectivity index (χ3v) is 11.0. The van der Waals surface area contributed by atoms with Gasteiger partial charge in [0, 0.05) is 37.7 Å². The summed E-state index contributed by atoms with van der Waals surface area (Å²) < 4.78 is 29.5. The number of thiazole rings is 1. The number of amides is 1. The van der Waals surface area contributed by atoms with Crippen molar-refractivity contribution in [2.24, 2.45) is 0 Å². The molecule has 176 valence electrons. The van der Waals surface area contributed by atoms with Crippen LogP contribution in [0.25, 0.3) is 10.2 Å². The quantitative estimate of drug-likeness (QED) is 0.481. The number of benzene rings is 1. The first-order valence-corrected chi connectivity index (χ1v) is 14.5. The fraction of sp³-hybridized carbons (Fsp3) is 0.429. The van der Waals surface area contributed by atoms with Crippen molar-refractivity contribution in [1.82, 2.24) is 14.2 Å². The zero-order chi connectivity index (χ0) is 23.2. The Labute approximate surface area is 210 Å². The summed E-state index contributed by atoms with van der Waals surface area (Å²) in [7, 11) is -3.76. The Kier molecular flexibility index (Phi) is 6.58. The van der Waals surface area contributed by atoms with E-state index in [0.29, 0.717) is 48.5 Å². The van der Waals surface area contributed by atoms with Gasteiger partial charge in [-0.05, 0) is 43.2 Å². The molecule has 2 saturated heterocycles. The van der Waals surface area contributed by atoms with Crippen molar-refractivity contribution in [3.05, 3.63) is 39.7 Å². The molecule has 1 unspecified atom stereocenters. The number of aromatic nitrogens is 1. The summed E-state index contributed by atoms with van der Waals surface area (Å²) in [4.78, 5) is 22.1. The van der Waals surface area contributed by atoms with Crippen LogP contribution in [0, 0.1) is 0 Å². The van der Waals surface area contributed by atoms with Crippen molar-refractivity contribution in [3.8, 4) is 0 Å². The largest absolute Gasteiger partial charge is 0.345 e. The summed E-state index contributed by atoms with van der Waals surface area (Å²) in [5.74, 6) is -0.114. The number of carbonyl (C=O) groups excluding carboxylic acids is 1. The minimum atomic E-state index is -3.76. The van der Waals surface area contributed by atoms with Crippen LogP contribution in [-0.2, 0) is 14.8 Å². The summed E-state index contributed by atoms with van der Waals surface area (Å²) in [6, 6.07) is 8.09. The number of rotatable bonds is 4. The molecule has 0 N–H and O–H groups in total. The lowest BCUT2D eigenvalue weighted by Gasteiger charge is -2.40. The molecule has 1 amide bonds. The van der Waals surface area contributed by atoms with Gasteiger partial charge >= 0.3 is 0 Å². The van der Waals surface area contributed by atoms with E-state index < -0.39 is 16.1 Å². The fourth-order valence-electron chi connectivity index (χ4n) is 4.34. The number of piperidine rings is 1. The topological polar surface area (TPSA) is 73.8 Å². The highest BCUT2D eigenvalue weighted by Crippen LogP contribution is 2.33. The average Bonchev–Trinajstić information content (AvgIpc) is 3.45. The van der Waals surface area contributed by atoms with Crippen LogP contribution in [0.5, 0.6) is 0 Å². The first kappa shape index (κ1) is 23.3. The van der Waals surface area contributed by atoms with Crippen molar-refractivity contribution in [1.29, 1.82) is 0 Å². The number of halogens is 2. The van der Waals surface area contributed by atoms with Gasteiger partial charge in [0.25, 0.3) is 10.0 Å². The van der Waals surface area contributed by atoms with Gasteiger partial charge in [-0.1, -0.05) is 41.0 Å². The number of hydrogen-bond donors (Lipinski definition) is 0. The van der Waals surface area contributed by atoms with Gasteiger partial charge in [-0.25, -0.2) is 13.4 Å². The molecule has 0 saturated carbocycles. The molecule has 33 heavy (non-hydrogen) atoms. The maximum atomic E-state index is 13.4. The Morgan fingerprint density at radius 1 is 1.00 bits per heavy atom. The Bertz CT molecular complexity index is 1280. The van der Waals surface area contributed by atoms with Gasteiger partial charge in [-0.15, -0.1) is 11.3 Å². The monoisotopic (exact) mass is 544 g/mol. The van der Waals surface area contributed by atoms with Gasteiger partial charge < -0.3 is 9.80 Å².